The van der Waals surface area contributed by atoms with Crippen LogP contribution in [0.2, 0.25) is 0 Å². The molecule has 2 rings (SSSR count). The molecule has 9 nitrogen and oxygen atoms in total. The van der Waals surface area contributed by atoms with Gasteiger partial charge in [-0.1, -0.05) is 33.8 Å². The largest absolute Gasteiger partial charge is 0.493 e. The lowest BCUT2D eigenvalue weighted by Gasteiger charge is -2.30. The zero-order chi connectivity index (χ0) is 28.9. The Hall–Kier alpha value is -2.36. The highest BCUT2D eigenvalue weighted by atomic mass is 16.5. The van der Waals surface area contributed by atoms with Crippen LogP contribution in [0.5, 0.6) is 11.5 Å². The van der Waals surface area contributed by atoms with Crippen molar-refractivity contribution in [3.05, 3.63) is 23.8 Å². The summed E-state index contributed by atoms with van der Waals surface area (Å²) in [5, 5.41) is 16.8. The molecule has 1 aliphatic rings. The third-order valence-corrected chi connectivity index (χ3v) is 7.81. The molecule has 1 fully saturated rings. The van der Waals surface area contributed by atoms with Crippen LogP contribution in [-0.2, 0) is 20.7 Å². The molecule has 0 saturated carbocycles. The zero-order valence-electron chi connectivity index (χ0n) is 24.7. The molecule has 0 bridgehead atoms. The Morgan fingerprint density at radius 3 is 2.46 bits per heavy atom. The number of amides is 2. The molecule has 1 heterocycles. The first-order valence-electron chi connectivity index (χ1n) is 14.3. The Balaban J connectivity index is 1.98. The van der Waals surface area contributed by atoms with Gasteiger partial charge in [0.1, 0.15) is 0 Å². The SMILES string of the molecule is COCCCOc1cc(C[C@@H](C[C@H](N)[C@@H](O)C[C@H](C(=O)NC[C@H]2CCNC2=O)C(C)C)C(C)C)ccc1OC. The van der Waals surface area contributed by atoms with Crippen LogP contribution in [0.15, 0.2) is 18.2 Å². The van der Waals surface area contributed by atoms with Crippen LogP contribution in [0.3, 0.4) is 0 Å². The number of methoxy groups -OCH3 is 2. The second kappa shape index (κ2) is 16.7. The van der Waals surface area contributed by atoms with E-state index < -0.39 is 12.1 Å². The molecule has 0 radical (unpaired) electrons. The topological polar surface area (TPSA) is 132 Å². The lowest BCUT2D eigenvalue weighted by Crippen LogP contribution is -2.43. The van der Waals surface area contributed by atoms with Crippen molar-refractivity contribution in [2.24, 2.45) is 35.3 Å². The number of nitrogens with two attached hydrogens (primary N) is 1. The predicted octanol–water partition coefficient (Wildman–Crippen LogP) is 2.92. The van der Waals surface area contributed by atoms with Gasteiger partial charge in [0.2, 0.25) is 11.8 Å². The molecule has 9 heteroatoms. The summed E-state index contributed by atoms with van der Waals surface area (Å²) in [4.78, 5) is 24.8. The van der Waals surface area contributed by atoms with Crippen molar-refractivity contribution in [1.29, 1.82) is 0 Å². The Bertz CT molecular complexity index is 893. The molecular formula is C30H51N3O6. The number of ether oxygens (including phenoxy) is 3. The normalized spacial score (nSPS) is 18.5. The fourth-order valence-electron chi connectivity index (χ4n) is 5.06. The van der Waals surface area contributed by atoms with Gasteiger partial charge in [0.15, 0.2) is 11.5 Å². The first-order valence-corrected chi connectivity index (χ1v) is 14.3. The van der Waals surface area contributed by atoms with E-state index in [1.165, 1.54) is 0 Å². The number of hydrogen-bond acceptors (Lipinski definition) is 7. The quantitative estimate of drug-likeness (QED) is 0.207. The molecule has 1 aliphatic heterocycles. The van der Waals surface area contributed by atoms with Crippen molar-refractivity contribution in [2.45, 2.75) is 71.9 Å². The molecule has 1 saturated heterocycles. The Morgan fingerprint density at radius 2 is 1.87 bits per heavy atom. The second-order valence-electron chi connectivity index (χ2n) is 11.5. The van der Waals surface area contributed by atoms with Gasteiger partial charge in [-0.3, -0.25) is 9.59 Å². The highest BCUT2D eigenvalue weighted by Crippen LogP contribution is 2.31. The Kier molecular flexibility index (Phi) is 14.0. The molecule has 1 aromatic rings. The van der Waals surface area contributed by atoms with E-state index in [0.717, 1.165) is 24.8 Å². The van der Waals surface area contributed by atoms with Crippen molar-refractivity contribution in [3.63, 3.8) is 0 Å². The monoisotopic (exact) mass is 549 g/mol. The Morgan fingerprint density at radius 1 is 1.13 bits per heavy atom. The minimum absolute atomic E-state index is 0.0141. The van der Waals surface area contributed by atoms with E-state index in [1.54, 1.807) is 14.2 Å². The number of rotatable bonds is 18. The summed E-state index contributed by atoms with van der Waals surface area (Å²) in [6, 6.07) is 5.53. The lowest BCUT2D eigenvalue weighted by atomic mass is 9.80. The van der Waals surface area contributed by atoms with Crippen molar-refractivity contribution >= 4 is 11.8 Å². The fraction of sp³-hybridized carbons (Fsp3) is 0.733. The number of benzene rings is 1. The van der Waals surface area contributed by atoms with E-state index in [-0.39, 0.29) is 41.9 Å². The summed E-state index contributed by atoms with van der Waals surface area (Å²) >= 11 is 0. The van der Waals surface area contributed by atoms with Gasteiger partial charge in [-0.15, -0.1) is 0 Å². The van der Waals surface area contributed by atoms with Gasteiger partial charge in [-0.2, -0.15) is 0 Å². The molecular weight excluding hydrogens is 498 g/mol. The van der Waals surface area contributed by atoms with Crippen molar-refractivity contribution in [1.82, 2.24) is 10.6 Å². The number of aliphatic hydroxyl groups is 1. The van der Waals surface area contributed by atoms with Gasteiger partial charge in [0.05, 0.1) is 25.7 Å². The molecule has 222 valence electrons. The summed E-state index contributed by atoms with van der Waals surface area (Å²) in [5.41, 5.74) is 7.65. The minimum Gasteiger partial charge on any atom is -0.493 e. The maximum absolute atomic E-state index is 12.9. The predicted molar refractivity (Wildman–Crippen MR) is 153 cm³/mol. The average Bonchev–Trinajstić information content (AvgIpc) is 3.31. The maximum Gasteiger partial charge on any atom is 0.224 e. The van der Waals surface area contributed by atoms with Crippen LogP contribution in [0, 0.1) is 29.6 Å². The molecule has 2 amide bonds. The van der Waals surface area contributed by atoms with Gasteiger partial charge in [-0.05, 0) is 61.1 Å². The van der Waals surface area contributed by atoms with Gasteiger partial charge in [0.25, 0.3) is 0 Å². The summed E-state index contributed by atoms with van der Waals surface area (Å²) < 4.78 is 16.5. The van der Waals surface area contributed by atoms with Gasteiger partial charge < -0.3 is 35.7 Å². The highest BCUT2D eigenvalue weighted by molar-refractivity contribution is 5.83. The van der Waals surface area contributed by atoms with Gasteiger partial charge in [-0.25, -0.2) is 0 Å². The highest BCUT2D eigenvalue weighted by Gasteiger charge is 2.31. The number of nitrogens with one attached hydrogen (secondary N) is 2. The second-order valence-corrected chi connectivity index (χ2v) is 11.5. The first kappa shape index (κ1) is 32.8. The molecule has 39 heavy (non-hydrogen) atoms. The van der Waals surface area contributed by atoms with Crippen LogP contribution in [0.1, 0.15) is 58.9 Å². The number of aliphatic hydroxyl groups excluding tert-OH is 1. The molecule has 5 atom stereocenters. The van der Waals surface area contributed by atoms with Crippen molar-refractivity contribution < 1.29 is 28.9 Å². The lowest BCUT2D eigenvalue weighted by molar-refractivity contribution is -0.128. The molecule has 0 spiro atoms. The van der Waals surface area contributed by atoms with Crippen LogP contribution >= 0.6 is 0 Å². The summed E-state index contributed by atoms with van der Waals surface area (Å²) in [7, 11) is 3.30. The van der Waals surface area contributed by atoms with E-state index in [1.807, 2.05) is 32.0 Å². The van der Waals surface area contributed by atoms with E-state index in [9.17, 15) is 14.7 Å². The molecule has 1 aromatic carbocycles. The first-order chi connectivity index (χ1) is 18.6. The number of carbonyl (C=O) groups is 2. The van der Waals surface area contributed by atoms with Gasteiger partial charge in [0, 0.05) is 45.2 Å². The van der Waals surface area contributed by atoms with Gasteiger partial charge >= 0.3 is 0 Å². The van der Waals surface area contributed by atoms with Crippen molar-refractivity contribution in [3.8, 4) is 11.5 Å². The van der Waals surface area contributed by atoms with E-state index in [0.29, 0.717) is 50.1 Å². The number of hydrogen-bond donors (Lipinski definition) is 4. The third-order valence-electron chi connectivity index (χ3n) is 7.81. The molecule has 0 aliphatic carbocycles. The fourth-order valence-corrected chi connectivity index (χ4v) is 5.06. The number of carbonyl (C=O) groups excluding carboxylic acids is 2. The average molecular weight is 550 g/mol. The van der Waals surface area contributed by atoms with Crippen LogP contribution in [-0.4, -0.2) is 69.6 Å². The summed E-state index contributed by atoms with van der Waals surface area (Å²) in [6.45, 7) is 10.4. The summed E-state index contributed by atoms with van der Waals surface area (Å²) in [6.07, 6.45) is 2.41. The third kappa shape index (κ3) is 10.6. The Labute approximate surface area is 234 Å². The van der Waals surface area contributed by atoms with Crippen LogP contribution in [0.25, 0.3) is 0 Å². The molecule has 5 N–H and O–H groups in total. The van der Waals surface area contributed by atoms with E-state index in [2.05, 4.69) is 24.5 Å². The van der Waals surface area contributed by atoms with E-state index >= 15 is 0 Å². The smallest absolute Gasteiger partial charge is 0.224 e. The van der Waals surface area contributed by atoms with Crippen molar-refractivity contribution in [2.75, 3.05) is 40.5 Å². The molecule has 0 unspecified atom stereocenters. The standard InChI is InChI=1S/C30H51N3O6/c1-19(2)23(14-21-8-9-27(38-6)28(15-21)39-13-7-12-37-5)16-25(31)26(34)17-24(20(3)4)30(36)33-18-22-10-11-32-29(22)35/h8-9,15,19-20,22-26,34H,7,10-14,16-18,31H2,1-6H3,(H,32,35)(H,33,36)/t22-,23+,24+,25+,26+/m1/s1. The maximum atomic E-state index is 12.9. The van der Waals surface area contributed by atoms with Crippen LogP contribution < -0.4 is 25.8 Å². The summed E-state index contributed by atoms with van der Waals surface area (Å²) in [5.74, 6) is 1.30. The molecule has 0 aromatic heterocycles. The van der Waals surface area contributed by atoms with E-state index in [4.69, 9.17) is 19.9 Å². The minimum atomic E-state index is -0.810. The zero-order valence-corrected chi connectivity index (χ0v) is 24.7. The van der Waals surface area contributed by atoms with Crippen LogP contribution in [0.4, 0.5) is 0 Å².